The van der Waals surface area contributed by atoms with Crippen molar-refractivity contribution >= 4 is 22.8 Å². The van der Waals surface area contributed by atoms with Crippen molar-refractivity contribution < 1.29 is 55.1 Å². The largest absolute Gasteiger partial charge is 0.493 e. The molecule has 11 heteroatoms. The molecule has 6 rings (SSSR count). The number of carbonyl (C=O) groups is 2. The van der Waals surface area contributed by atoms with E-state index in [-0.39, 0.29) is 30.4 Å². The van der Waals surface area contributed by atoms with Crippen molar-refractivity contribution in [3.05, 3.63) is 53.2 Å². The number of fused-ring (bicyclic) bond motifs is 6. The number of nitrogens with zero attached hydrogens (tertiary/aromatic N) is 1. The van der Waals surface area contributed by atoms with E-state index >= 15 is 0 Å². The van der Waals surface area contributed by atoms with E-state index in [0.717, 1.165) is 34.3 Å². The molecule has 0 amide bonds. The van der Waals surface area contributed by atoms with Gasteiger partial charge in [-0.3, -0.25) is 9.69 Å². The van der Waals surface area contributed by atoms with Crippen LogP contribution in [0.3, 0.4) is 0 Å². The molecule has 0 bridgehead atoms. The molecule has 3 heterocycles. The minimum Gasteiger partial charge on any atom is -0.493 e. The molecule has 44 heavy (non-hydrogen) atoms. The van der Waals surface area contributed by atoms with E-state index in [4.69, 9.17) is 45.5 Å². The van der Waals surface area contributed by atoms with Crippen LogP contribution >= 0.6 is 0 Å². The summed E-state index contributed by atoms with van der Waals surface area (Å²) in [6.07, 6.45) is -1.35. The Morgan fingerprint density at radius 3 is 2.39 bits per heavy atom. The Kier molecular flexibility index (Phi) is 5.88. The second-order valence-electron chi connectivity index (χ2n) is 11.4. The number of para-hydroxylation sites is 1. The fourth-order valence-corrected chi connectivity index (χ4v) is 7.55. The van der Waals surface area contributed by atoms with Crippen molar-refractivity contribution in [2.75, 3.05) is 55.5 Å². The summed E-state index contributed by atoms with van der Waals surface area (Å²) in [7, 11) is -5.22. The van der Waals surface area contributed by atoms with E-state index in [0.29, 0.717) is 19.5 Å². The van der Waals surface area contributed by atoms with Gasteiger partial charge in [0.15, 0.2) is 11.5 Å². The lowest BCUT2D eigenvalue weighted by atomic mass is 9.64. The van der Waals surface area contributed by atoms with Crippen molar-refractivity contribution in [1.82, 2.24) is 9.88 Å². The molecular formula is C33H40N2O9. The monoisotopic (exact) mass is 617 g/mol. The van der Waals surface area contributed by atoms with Crippen LogP contribution in [0.2, 0.25) is 0 Å². The Hall–Kier alpha value is -3.80. The maximum Gasteiger partial charge on any atom is 0.338 e. The van der Waals surface area contributed by atoms with Crippen molar-refractivity contribution in [3.8, 4) is 17.2 Å². The molecule has 7 atom stereocenters. The summed E-state index contributed by atoms with van der Waals surface area (Å²) < 4.78 is 106. The summed E-state index contributed by atoms with van der Waals surface area (Å²) in [5, 5.41) is 1.07. The number of methoxy groups -OCH3 is 6. The maximum atomic E-state index is 13.9. The summed E-state index contributed by atoms with van der Waals surface area (Å²) in [6, 6.07) is 9.64. The van der Waals surface area contributed by atoms with Gasteiger partial charge in [0.05, 0.1) is 64.2 Å². The predicted octanol–water partition coefficient (Wildman–Crippen LogP) is 4.31. The molecule has 3 aromatic rings. The number of aromatic amines is 1. The molecule has 3 aliphatic rings. The molecule has 11 nitrogen and oxygen atoms in total. The number of aromatic nitrogens is 1. The number of carbonyl (C=O) groups excluding carboxylic acids is 2. The maximum absolute atomic E-state index is 13.9. The zero-order valence-electron chi connectivity index (χ0n) is 33.5. The van der Waals surface area contributed by atoms with Crippen LogP contribution in [0.4, 0.5) is 0 Å². The van der Waals surface area contributed by atoms with Crippen LogP contribution in [0.1, 0.15) is 58.9 Å². The number of rotatable bonds is 8. The molecule has 1 aliphatic carbocycles. The van der Waals surface area contributed by atoms with Crippen LogP contribution in [0, 0.1) is 17.8 Å². The first kappa shape index (κ1) is 21.0. The lowest BCUT2D eigenvalue weighted by molar-refractivity contribution is -0.177. The van der Waals surface area contributed by atoms with Gasteiger partial charge in [0.1, 0.15) is 12.2 Å². The van der Waals surface area contributed by atoms with Gasteiger partial charge in [-0.2, -0.15) is 0 Å². The number of benzene rings is 2. The summed E-state index contributed by atoms with van der Waals surface area (Å²) in [5.41, 5.74) is 2.63. The Morgan fingerprint density at radius 1 is 0.955 bits per heavy atom. The first-order valence-corrected chi connectivity index (χ1v) is 14.2. The van der Waals surface area contributed by atoms with Gasteiger partial charge in [0.25, 0.3) is 0 Å². The highest BCUT2D eigenvalue weighted by Crippen LogP contribution is 2.52. The first-order valence-electron chi connectivity index (χ1n) is 18.7. The van der Waals surface area contributed by atoms with Crippen LogP contribution in [0.15, 0.2) is 36.4 Å². The van der Waals surface area contributed by atoms with Crippen LogP contribution in [-0.4, -0.2) is 89.6 Å². The average Bonchev–Trinajstić information content (AvgIpc) is 3.46. The number of hydrogen-bond acceptors (Lipinski definition) is 10. The molecule has 1 saturated carbocycles. The Balaban J connectivity index is 1.35. The molecule has 1 saturated heterocycles. The van der Waals surface area contributed by atoms with Crippen molar-refractivity contribution in [2.24, 2.45) is 17.8 Å². The van der Waals surface area contributed by atoms with E-state index < -0.39 is 74.0 Å². The second kappa shape index (κ2) is 12.3. The van der Waals surface area contributed by atoms with Gasteiger partial charge < -0.3 is 38.1 Å². The van der Waals surface area contributed by atoms with E-state index in [1.165, 1.54) is 14.2 Å². The van der Waals surface area contributed by atoms with Crippen LogP contribution in [0.5, 0.6) is 17.2 Å². The molecule has 2 aliphatic heterocycles. The third kappa shape index (κ3) is 4.96. The van der Waals surface area contributed by atoms with Gasteiger partial charge in [0, 0.05) is 49.5 Å². The van der Waals surface area contributed by atoms with Crippen molar-refractivity contribution in [2.45, 2.75) is 37.2 Å². The lowest BCUT2D eigenvalue weighted by Gasteiger charge is -2.53. The normalized spacial score (nSPS) is 31.8. The van der Waals surface area contributed by atoms with Crippen molar-refractivity contribution in [3.63, 3.8) is 0 Å². The molecular weight excluding hydrogens is 568 g/mol. The Bertz CT molecular complexity index is 1810. The fourth-order valence-electron chi connectivity index (χ4n) is 7.55. The quantitative estimate of drug-likeness (QED) is 0.367. The topological polar surface area (TPSA) is 118 Å². The van der Waals surface area contributed by atoms with E-state index in [1.807, 2.05) is 18.2 Å². The highest BCUT2D eigenvalue weighted by atomic mass is 16.6. The molecule has 236 valence electrons. The molecule has 1 N–H and O–H groups in total. The van der Waals surface area contributed by atoms with E-state index in [9.17, 15) is 9.59 Å². The standard InChI is InChI=1S/C33H40N2O9/c1-38-23-13-18(14-24(39-2)30(23)41-4)32(36)44-25-12-17-11-22-29-27(19-9-7-8-10-21(19)34-29)26(40-3)16-35(22)15-20(17)28(31(25)42-5)33(37)43-6/h7-10,13-14,17,20,22,25-26,28,31,34H,11-12,15-16H2,1-6H3/t17-,20-,22-,25+,26?,28-,31-/m0/s1/i1D3,2D3,4D3. The van der Waals surface area contributed by atoms with Gasteiger partial charge >= 0.3 is 11.9 Å². The average molecular weight is 618 g/mol. The van der Waals surface area contributed by atoms with Crippen LogP contribution in [0.25, 0.3) is 10.9 Å². The number of esters is 2. The lowest BCUT2D eigenvalue weighted by Crippen LogP contribution is -2.59. The molecule has 1 aromatic heterocycles. The van der Waals surface area contributed by atoms with Gasteiger partial charge in [-0.1, -0.05) is 18.2 Å². The molecule has 0 radical (unpaired) electrons. The van der Waals surface area contributed by atoms with Crippen LogP contribution in [-0.2, 0) is 23.7 Å². The van der Waals surface area contributed by atoms with Crippen molar-refractivity contribution in [1.29, 1.82) is 0 Å². The Morgan fingerprint density at radius 2 is 1.70 bits per heavy atom. The summed E-state index contributed by atoms with van der Waals surface area (Å²) in [5.74, 6) is -5.39. The second-order valence-corrected chi connectivity index (χ2v) is 11.4. The predicted molar refractivity (Wildman–Crippen MR) is 160 cm³/mol. The zero-order valence-corrected chi connectivity index (χ0v) is 24.5. The summed E-state index contributed by atoms with van der Waals surface area (Å²) in [4.78, 5) is 33.3. The third-order valence-corrected chi connectivity index (χ3v) is 9.43. The molecule has 2 aromatic carbocycles. The van der Waals surface area contributed by atoms with E-state index in [1.54, 1.807) is 7.11 Å². The summed E-state index contributed by atoms with van der Waals surface area (Å²) >= 11 is 0. The number of piperidine rings is 1. The summed E-state index contributed by atoms with van der Waals surface area (Å²) in [6.45, 7) is 1.09. The molecule has 0 spiro atoms. The fraction of sp³-hybridized carbons (Fsp3) is 0.515. The van der Waals surface area contributed by atoms with Gasteiger partial charge in [0.2, 0.25) is 5.75 Å². The van der Waals surface area contributed by atoms with Gasteiger partial charge in [-0.05, 0) is 42.9 Å². The zero-order chi connectivity index (χ0) is 38.6. The molecule has 2 fully saturated rings. The third-order valence-electron chi connectivity index (χ3n) is 9.43. The number of nitrogens with one attached hydrogen (secondary N) is 1. The first-order chi connectivity index (χ1) is 24.8. The molecule has 1 unspecified atom stereocenters. The number of ether oxygens (including phenoxy) is 7. The minimum atomic E-state index is -3.19. The van der Waals surface area contributed by atoms with E-state index in [2.05, 4.69) is 16.0 Å². The SMILES string of the molecule is [2H]C([2H])([2H])Oc1cc(C(=O)O[C@@H]2C[C@@H]3C[C@H]4c5[nH]c6ccccc6c5C(OC)CN4C[C@@H]3[C@H](C(=O)OC)[C@H]2OC)cc(OC([2H])([2H])[2H])c1OC([2H])([2H])[2H]. The van der Waals surface area contributed by atoms with Crippen LogP contribution < -0.4 is 14.2 Å². The highest BCUT2D eigenvalue weighted by molar-refractivity contribution is 5.91. The minimum absolute atomic E-state index is 0.0660. The van der Waals surface area contributed by atoms with Gasteiger partial charge in [-0.15, -0.1) is 0 Å². The number of H-pyrrole nitrogens is 1. The number of hydrogen-bond donors (Lipinski definition) is 1. The Labute approximate surface area is 269 Å². The highest BCUT2D eigenvalue weighted by Gasteiger charge is 2.55. The van der Waals surface area contributed by atoms with Gasteiger partial charge in [-0.25, -0.2) is 4.79 Å². The smallest absolute Gasteiger partial charge is 0.338 e.